The molecule has 5 heteroatoms. The molecule has 0 aliphatic carbocycles. The molecule has 1 aromatic rings. The van der Waals surface area contributed by atoms with E-state index in [1.807, 2.05) is 24.0 Å². The van der Waals surface area contributed by atoms with Gasteiger partial charge in [0.25, 0.3) is 0 Å². The number of aromatic nitrogens is 1. The molecule has 0 atom stereocenters. The first-order valence-electron chi connectivity index (χ1n) is 5.67. The summed E-state index contributed by atoms with van der Waals surface area (Å²) in [6, 6.07) is 2.01. The van der Waals surface area contributed by atoms with E-state index in [1.165, 1.54) is 0 Å². The summed E-state index contributed by atoms with van der Waals surface area (Å²) in [5, 5.41) is 3.43. The van der Waals surface area contributed by atoms with Crippen LogP contribution < -0.4 is 5.32 Å². The molecular weight excluding hydrogens is 364 g/mol. The lowest BCUT2D eigenvalue weighted by Crippen LogP contribution is -2.32. The number of halogens is 2. The quantitative estimate of drug-likeness (QED) is 0.755. The molecule has 1 rings (SSSR count). The van der Waals surface area contributed by atoms with E-state index in [2.05, 4.69) is 62.3 Å². The van der Waals surface area contributed by atoms with Gasteiger partial charge in [0.05, 0.1) is 4.47 Å². The minimum atomic E-state index is 0.300. The molecule has 0 saturated carbocycles. The van der Waals surface area contributed by atoms with Crippen LogP contribution in [0.25, 0.3) is 0 Å². The highest BCUT2D eigenvalue weighted by molar-refractivity contribution is 9.11. The van der Waals surface area contributed by atoms with Crippen molar-refractivity contribution in [1.29, 1.82) is 0 Å². The maximum Gasteiger partial charge on any atom is 0.140 e. The minimum absolute atomic E-state index is 0.300. The number of thioether (sulfide) groups is 1. The van der Waals surface area contributed by atoms with Crippen LogP contribution in [0.4, 0.5) is 5.82 Å². The van der Waals surface area contributed by atoms with Crippen molar-refractivity contribution in [2.75, 3.05) is 18.1 Å². The molecule has 96 valence electrons. The lowest BCUT2D eigenvalue weighted by atomic mass is 10.0. The molecule has 17 heavy (non-hydrogen) atoms. The highest BCUT2D eigenvalue weighted by Gasteiger charge is 2.24. The van der Waals surface area contributed by atoms with E-state index in [4.69, 9.17) is 0 Å². The molecule has 0 spiro atoms. The van der Waals surface area contributed by atoms with Crippen molar-refractivity contribution in [3.05, 3.63) is 21.2 Å². The molecule has 0 aliphatic heterocycles. The molecule has 0 aliphatic rings. The zero-order chi connectivity index (χ0) is 12.9. The van der Waals surface area contributed by atoms with E-state index < -0.39 is 0 Å². The second-order valence-electron chi connectivity index (χ2n) is 3.93. The Hall–Kier alpha value is 0.260. The Morgan fingerprint density at radius 1 is 1.35 bits per heavy atom. The van der Waals surface area contributed by atoms with Gasteiger partial charge in [-0.05, 0) is 57.0 Å². The van der Waals surface area contributed by atoms with E-state index in [0.717, 1.165) is 34.1 Å². The van der Waals surface area contributed by atoms with Gasteiger partial charge in [0.1, 0.15) is 5.82 Å². The smallest absolute Gasteiger partial charge is 0.140 e. The first kappa shape index (κ1) is 15.3. The van der Waals surface area contributed by atoms with Crippen molar-refractivity contribution in [1.82, 2.24) is 4.98 Å². The van der Waals surface area contributed by atoms with Gasteiger partial charge in [0.2, 0.25) is 0 Å². The summed E-state index contributed by atoms with van der Waals surface area (Å²) in [7, 11) is 0. The van der Waals surface area contributed by atoms with E-state index in [-0.39, 0.29) is 0 Å². The molecule has 0 fully saturated rings. The third kappa shape index (κ3) is 4.14. The average Bonchev–Trinajstić information content (AvgIpc) is 2.33. The molecule has 0 amide bonds. The fourth-order valence-electron chi connectivity index (χ4n) is 1.65. The Bertz CT molecular complexity index is 359. The maximum atomic E-state index is 4.37. The van der Waals surface area contributed by atoms with Crippen LogP contribution in [-0.2, 0) is 0 Å². The molecule has 1 aromatic heterocycles. The van der Waals surface area contributed by atoms with Crippen molar-refractivity contribution in [2.45, 2.75) is 31.4 Å². The monoisotopic (exact) mass is 380 g/mol. The highest BCUT2D eigenvalue weighted by Crippen LogP contribution is 2.31. The number of hydrogen-bond acceptors (Lipinski definition) is 3. The lowest BCUT2D eigenvalue weighted by Gasteiger charge is -2.30. The zero-order valence-electron chi connectivity index (χ0n) is 10.4. The summed E-state index contributed by atoms with van der Waals surface area (Å²) in [6.07, 6.45) is 6.31. The molecular formula is C12H18Br2N2S. The fourth-order valence-corrected chi connectivity index (χ4v) is 3.57. The number of anilines is 1. The van der Waals surface area contributed by atoms with E-state index in [1.54, 1.807) is 0 Å². The fraction of sp³-hybridized carbons (Fsp3) is 0.583. The van der Waals surface area contributed by atoms with Crippen molar-refractivity contribution in [3.63, 3.8) is 0 Å². The summed E-state index contributed by atoms with van der Waals surface area (Å²) >= 11 is 8.85. The third-order valence-corrected chi connectivity index (χ3v) is 5.73. The number of rotatable bonds is 6. The topological polar surface area (TPSA) is 24.9 Å². The molecule has 1 N–H and O–H groups in total. The van der Waals surface area contributed by atoms with Crippen molar-refractivity contribution in [3.8, 4) is 0 Å². The Labute approximate surface area is 125 Å². The van der Waals surface area contributed by atoms with Crippen molar-refractivity contribution in [2.24, 2.45) is 0 Å². The van der Waals surface area contributed by atoms with E-state index >= 15 is 0 Å². The summed E-state index contributed by atoms with van der Waals surface area (Å²) in [6.45, 7) is 5.42. The van der Waals surface area contributed by atoms with Gasteiger partial charge in [0, 0.05) is 22.0 Å². The van der Waals surface area contributed by atoms with Crippen LogP contribution in [0.15, 0.2) is 21.2 Å². The van der Waals surface area contributed by atoms with Crippen LogP contribution in [0.1, 0.15) is 26.7 Å². The Kier molecular flexibility index (Phi) is 6.31. The third-order valence-electron chi connectivity index (χ3n) is 3.11. The Balaban J connectivity index is 2.72. The summed E-state index contributed by atoms with van der Waals surface area (Å²) < 4.78 is 2.28. The molecule has 0 radical (unpaired) electrons. The first-order valence-corrected chi connectivity index (χ1v) is 8.48. The normalized spacial score (nSPS) is 11.6. The van der Waals surface area contributed by atoms with Gasteiger partial charge in [-0.3, -0.25) is 0 Å². The van der Waals surface area contributed by atoms with Gasteiger partial charge in [-0.1, -0.05) is 13.8 Å². The van der Waals surface area contributed by atoms with Gasteiger partial charge in [-0.15, -0.1) is 0 Å². The van der Waals surface area contributed by atoms with Crippen LogP contribution in [0.2, 0.25) is 0 Å². The van der Waals surface area contributed by atoms with Crippen LogP contribution in [0, 0.1) is 0 Å². The number of hydrogen-bond donors (Lipinski definition) is 1. The Morgan fingerprint density at radius 3 is 2.47 bits per heavy atom. The number of nitrogens with zero attached hydrogens (tertiary/aromatic N) is 1. The van der Waals surface area contributed by atoms with Crippen LogP contribution in [-0.4, -0.2) is 22.5 Å². The van der Waals surface area contributed by atoms with Crippen molar-refractivity contribution < 1.29 is 0 Å². The predicted molar refractivity (Wildman–Crippen MR) is 85.0 cm³/mol. The van der Waals surface area contributed by atoms with Crippen molar-refractivity contribution >= 4 is 49.4 Å². The standard InChI is InChI=1S/C12H18Br2N2S/c1-4-12(5-2,17-3)8-16-11-10(14)6-9(13)7-15-11/h6-7H,4-5,8H2,1-3H3,(H,15,16). The van der Waals surface area contributed by atoms with Gasteiger partial charge < -0.3 is 5.32 Å². The second-order valence-corrected chi connectivity index (χ2v) is 6.98. The maximum absolute atomic E-state index is 4.37. The average molecular weight is 382 g/mol. The van der Waals surface area contributed by atoms with Crippen LogP contribution >= 0.6 is 43.6 Å². The largest absolute Gasteiger partial charge is 0.368 e. The zero-order valence-corrected chi connectivity index (χ0v) is 14.4. The van der Waals surface area contributed by atoms with Crippen LogP contribution in [0.5, 0.6) is 0 Å². The molecule has 0 aromatic carbocycles. The van der Waals surface area contributed by atoms with E-state index in [9.17, 15) is 0 Å². The molecule has 0 saturated heterocycles. The lowest BCUT2D eigenvalue weighted by molar-refractivity contribution is 0.574. The highest BCUT2D eigenvalue weighted by atomic mass is 79.9. The van der Waals surface area contributed by atoms with Gasteiger partial charge >= 0.3 is 0 Å². The van der Waals surface area contributed by atoms with E-state index in [0.29, 0.717) is 4.75 Å². The van der Waals surface area contributed by atoms with Gasteiger partial charge in [0.15, 0.2) is 0 Å². The van der Waals surface area contributed by atoms with Gasteiger partial charge in [-0.25, -0.2) is 4.98 Å². The van der Waals surface area contributed by atoms with Gasteiger partial charge in [-0.2, -0.15) is 11.8 Å². The number of nitrogens with one attached hydrogen (secondary N) is 1. The minimum Gasteiger partial charge on any atom is -0.368 e. The molecule has 1 heterocycles. The summed E-state index contributed by atoms with van der Waals surface area (Å²) in [4.78, 5) is 4.37. The number of pyridine rings is 1. The SMILES string of the molecule is CCC(CC)(CNc1ncc(Br)cc1Br)SC. The molecule has 0 unspecified atom stereocenters. The van der Waals surface area contributed by atoms with Crippen LogP contribution in [0.3, 0.4) is 0 Å². The predicted octanol–water partition coefficient (Wildman–Crippen LogP) is 4.94. The second kappa shape index (κ2) is 7.00. The Morgan fingerprint density at radius 2 is 2.00 bits per heavy atom. The molecule has 2 nitrogen and oxygen atoms in total. The summed E-state index contributed by atoms with van der Waals surface area (Å²) in [5.74, 6) is 0.911. The summed E-state index contributed by atoms with van der Waals surface area (Å²) in [5.41, 5.74) is 0. The first-order chi connectivity index (χ1) is 8.06. The molecule has 0 bridgehead atoms.